The SMILES string of the molecule is CC(C)c1ccccc1C(=O)C1CC2CCC(C1)N2C(=O)OCc1ccccc1. The second-order valence-electron chi connectivity index (χ2n) is 8.61. The summed E-state index contributed by atoms with van der Waals surface area (Å²) >= 11 is 0. The Morgan fingerprint density at radius 2 is 1.59 bits per heavy atom. The molecule has 2 aliphatic rings. The number of piperidine rings is 1. The minimum absolute atomic E-state index is 0.00873. The Labute approximate surface area is 172 Å². The van der Waals surface area contributed by atoms with Gasteiger partial charge in [-0.15, -0.1) is 0 Å². The summed E-state index contributed by atoms with van der Waals surface area (Å²) in [6.45, 7) is 4.54. The second kappa shape index (κ2) is 8.40. The number of ether oxygens (including phenoxy) is 1. The van der Waals surface area contributed by atoms with E-state index in [0.29, 0.717) is 12.5 Å². The zero-order valence-corrected chi connectivity index (χ0v) is 17.2. The smallest absolute Gasteiger partial charge is 0.410 e. The van der Waals surface area contributed by atoms with Crippen LogP contribution in [0.5, 0.6) is 0 Å². The molecule has 0 spiro atoms. The molecule has 4 rings (SSSR count). The number of hydrogen-bond acceptors (Lipinski definition) is 3. The van der Waals surface area contributed by atoms with Gasteiger partial charge in [-0.2, -0.15) is 0 Å². The number of benzene rings is 2. The molecule has 4 heteroatoms. The maximum Gasteiger partial charge on any atom is 0.410 e. The van der Waals surface area contributed by atoms with E-state index in [4.69, 9.17) is 4.74 Å². The maximum absolute atomic E-state index is 13.3. The number of carbonyl (C=O) groups excluding carboxylic acids is 2. The average Bonchev–Trinajstić information content (AvgIpc) is 3.01. The molecule has 0 aromatic heterocycles. The van der Waals surface area contributed by atoms with Gasteiger partial charge in [-0.25, -0.2) is 4.79 Å². The van der Waals surface area contributed by atoms with Gasteiger partial charge in [0.2, 0.25) is 0 Å². The Kier molecular flexibility index (Phi) is 5.70. The summed E-state index contributed by atoms with van der Waals surface area (Å²) in [5.74, 6) is 0.550. The molecule has 0 N–H and O–H groups in total. The third-order valence-electron chi connectivity index (χ3n) is 6.37. The summed E-state index contributed by atoms with van der Waals surface area (Å²) in [7, 11) is 0. The lowest BCUT2D eigenvalue weighted by Crippen LogP contribution is -2.48. The van der Waals surface area contributed by atoms with E-state index in [1.165, 1.54) is 0 Å². The number of rotatable bonds is 5. The number of Topliss-reactive ketones (excluding diaryl/α,β-unsaturated/α-hetero) is 1. The molecule has 152 valence electrons. The van der Waals surface area contributed by atoms with E-state index in [2.05, 4.69) is 19.9 Å². The normalized spacial score (nSPS) is 23.3. The first-order valence-electron chi connectivity index (χ1n) is 10.7. The first kappa shape index (κ1) is 19.7. The monoisotopic (exact) mass is 391 g/mol. The fourth-order valence-corrected chi connectivity index (χ4v) is 4.93. The van der Waals surface area contributed by atoms with E-state index < -0.39 is 0 Å². The van der Waals surface area contributed by atoms with Gasteiger partial charge in [0.05, 0.1) is 0 Å². The van der Waals surface area contributed by atoms with Gasteiger partial charge in [-0.05, 0) is 42.7 Å². The second-order valence-corrected chi connectivity index (χ2v) is 8.61. The molecule has 4 nitrogen and oxygen atoms in total. The van der Waals surface area contributed by atoms with E-state index in [1.54, 1.807) is 0 Å². The highest BCUT2D eigenvalue weighted by molar-refractivity contribution is 5.99. The van der Waals surface area contributed by atoms with Gasteiger partial charge in [0, 0.05) is 23.6 Å². The number of hydrogen-bond donors (Lipinski definition) is 0. The lowest BCUT2D eigenvalue weighted by molar-refractivity contribution is 0.0484. The van der Waals surface area contributed by atoms with E-state index in [-0.39, 0.29) is 29.9 Å². The average molecular weight is 392 g/mol. The fraction of sp³-hybridized carbons (Fsp3) is 0.440. The van der Waals surface area contributed by atoms with Crippen molar-refractivity contribution in [2.75, 3.05) is 0 Å². The molecule has 2 aromatic rings. The van der Waals surface area contributed by atoms with Crippen LogP contribution in [0.15, 0.2) is 54.6 Å². The maximum atomic E-state index is 13.3. The Bertz CT molecular complexity index is 863. The number of ketones is 1. The highest BCUT2D eigenvalue weighted by Crippen LogP contribution is 2.41. The van der Waals surface area contributed by atoms with Crippen molar-refractivity contribution in [2.24, 2.45) is 5.92 Å². The van der Waals surface area contributed by atoms with E-state index >= 15 is 0 Å². The van der Waals surface area contributed by atoms with Crippen molar-refractivity contribution in [3.63, 3.8) is 0 Å². The third kappa shape index (κ3) is 4.07. The van der Waals surface area contributed by atoms with Gasteiger partial charge < -0.3 is 9.64 Å². The molecule has 2 aliphatic heterocycles. The number of fused-ring (bicyclic) bond motifs is 2. The molecule has 2 fully saturated rings. The summed E-state index contributed by atoms with van der Waals surface area (Å²) in [6.07, 6.45) is 3.15. The Balaban J connectivity index is 1.42. The van der Waals surface area contributed by atoms with Crippen molar-refractivity contribution in [1.29, 1.82) is 0 Å². The van der Waals surface area contributed by atoms with Crippen molar-refractivity contribution in [1.82, 2.24) is 4.90 Å². The summed E-state index contributed by atoms with van der Waals surface area (Å²) in [6, 6.07) is 17.9. The van der Waals surface area contributed by atoms with Crippen LogP contribution in [0.1, 0.15) is 66.9 Å². The van der Waals surface area contributed by atoms with Crippen LogP contribution in [0, 0.1) is 5.92 Å². The van der Waals surface area contributed by atoms with Crippen molar-refractivity contribution in [2.45, 2.75) is 64.1 Å². The van der Waals surface area contributed by atoms with Crippen LogP contribution in [0.2, 0.25) is 0 Å². The molecule has 2 aromatic carbocycles. The molecule has 0 radical (unpaired) electrons. The van der Waals surface area contributed by atoms with Crippen LogP contribution in [-0.2, 0) is 11.3 Å². The van der Waals surface area contributed by atoms with Crippen LogP contribution in [0.25, 0.3) is 0 Å². The Hall–Kier alpha value is -2.62. The van der Waals surface area contributed by atoms with E-state index in [9.17, 15) is 9.59 Å². The predicted molar refractivity (Wildman–Crippen MR) is 113 cm³/mol. The lowest BCUT2D eigenvalue weighted by atomic mass is 9.82. The molecular weight excluding hydrogens is 362 g/mol. The highest BCUT2D eigenvalue weighted by Gasteiger charge is 2.46. The predicted octanol–water partition coefficient (Wildman–Crippen LogP) is 5.57. The zero-order valence-electron chi connectivity index (χ0n) is 17.2. The van der Waals surface area contributed by atoms with Crippen molar-refractivity contribution >= 4 is 11.9 Å². The van der Waals surface area contributed by atoms with Gasteiger partial charge in [0.15, 0.2) is 5.78 Å². The Morgan fingerprint density at radius 3 is 2.24 bits per heavy atom. The molecule has 0 aliphatic carbocycles. The summed E-state index contributed by atoms with van der Waals surface area (Å²) in [4.78, 5) is 27.9. The summed E-state index contributed by atoms with van der Waals surface area (Å²) in [5.41, 5.74) is 2.96. The summed E-state index contributed by atoms with van der Waals surface area (Å²) in [5, 5.41) is 0. The van der Waals surface area contributed by atoms with Crippen LogP contribution in [0.4, 0.5) is 4.79 Å². The lowest BCUT2D eigenvalue weighted by Gasteiger charge is -2.37. The topological polar surface area (TPSA) is 46.6 Å². The van der Waals surface area contributed by atoms with E-state index in [1.807, 2.05) is 53.4 Å². The fourth-order valence-electron chi connectivity index (χ4n) is 4.93. The third-order valence-corrected chi connectivity index (χ3v) is 6.37. The first-order chi connectivity index (χ1) is 14.0. The van der Waals surface area contributed by atoms with E-state index in [0.717, 1.165) is 42.4 Å². The van der Waals surface area contributed by atoms with Gasteiger partial charge in [0.1, 0.15) is 6.61 Å². The minimum atomic E-state index is -0.241. The van der Waals surface area contributed by atoms with Crippen molar-refractivity contribution in [3.8, 4) is 0 Å². The molecule has 2 saturated heterocycles. The quantitative estimate of drug-likeness (QED) is 0.626. The number of nitrogens with zero attached hydrogens (tertiary/aromatic N) is 1. The highest BCUT2D eigenvalue weighted by atomic mass is 16.6. The minimum Gasteiger partial charge on any atom is -0.445 e. The molecule has 2 heterocycles. The number of carbonyl (C=O) groups is 2. The van der Waals surface area contributed by atoms with Crippen LogP contribution >= 0.6 is 0 Å². The van der Waals surface area contributed by atoms with Crippen molar-refractivity contribution < 1.29 is 14.3 Å². The van der Waals surface area contributed by atoms with Gasteiger partial charge in [0.25, 0.3) is 0 Å². The van der Waals surface area contributed by atoms with Gasteiger partial charge >= 0.3 is 6.09 Å². The Morgan fingerprint density at radius 1 is 0.966 bits per heavy atom. The van der Waals surface area contributed by atoms with Crippen LogP contribution in [-0.4, -0.2) is 28.9 Å². The van der Waals surface area contributed by atoms with Crippen LogP contribution < -0.4 is 0 Å². The molecule has 2 atom stereocenters. The molecule has 2 bridgehead atoms. The zero-order chi connectivity index (χ0) is 20.4. The number of amides is 1. The van der Waals surface area contributed by atoms with Gasteiger partial charge in [-0.3, -0.25) is 4.79 Å². The standard InChI is InChI=1S/C25H29NO3/c1-17(2)22-10-6-7-11-23(22)24(27)19-14-20-12-13-21(15-19)26(20)25(28)29-16-18-8-4-3-5-9-18/h3-11,17,19-21H,12-16H2,1-2H3. The largest absolute Gasteiger partial charge is 0.445 e. The molecule has 29 heavy (non-hydrogen) atoms. The molecule has 2 unspecified atom stereocenters. The van der Waals surface area contributed by atoms with Gasteiger partial charge in [-0.1, -0.05) is 68.4 Å². The summed E-state index contributed by atoms with van der Waals surface area (Å²) < 4.78 is 5.58. The molecule has 1 amide bonds. The van der Waals surface area contributed by atoms with Crippen molar-refractivity contribution in [3.05, 3.63) is 71.3 Å². The van der Waals surface area contributed by atoms with Crippen LogP contribution in [0.3, 0.4) is 0 Å². The first-order valence-corrected chi connectivity index (χ1v) is 10.7. The molecule has 0 saturated carbocycles. The molecular formula is C25H29NO3.